The summed E-state index contributed by atoms with van der Waals surface area (Å²) < 4.78 is 0. The van der Waals surface area contributed by atoms with E-state index in [1.807, 2.05) is 45.9 Å². The number of nitrogens with zero attached hydrogens (tertiary/aromatic N) is 1. The Morgan fingerprint density at radius 3 is 2.23 bits per heavy atom. The molecule has 162 valence electrons. The molecular formula is C25H34N2O2S. The first-order valence-corrected chi connectivity index (χ1v) is 11.6. The number of thioether (sulfide) groups is 1. The molecule has 1 atom stereocenters. The molecule has 0 aliphatic heterocycles. The molecule has 0 aromatic heterocycles. The number of carbonyl (C=O) groups is 2. The monoisotopic (exact) mass is 426 g/mol. The summed E-state index contributed by atoms with van der Waals surface area (Å²) in [7, 11) is 0. The zero-order valence-corrected chi connectivity index (χ0v) is 19.6. The van der Waals surface area contributed by atoms with Gasteiger partial charge in [0.2, 0.25) is 11.8 Å². The van der Waals surface area contributed by atoms with Gasteiger partial charge in [-0.2, -0.15) is 0 Å². The van der Waals surface area contributed by atoms with Gasteiger partial charge in [0, 0.05) is 17.8 Å². The average molecular weight is 427 g/mol. The van der Waals surface area contributed by atoms with Crippen LogP contribution in [0.15, 0.2) is 54.6 Å². The van der Waals surface area contributed by atoms with Crippen molar-refractivity contribution in [2.24, 2.45) is 0 Å². The van der Waals surface area contributed by atoms with Crippen LogP contribution in [0.5, 0.6) is 0 Å². The van der Waals surface area contributed by atoms with Crippen LogP contribution < -0.4 is 5.32 Å². The quantitative estimate of drug-likeness (QED) is 0.637. The van der Waals surface area contributed by atoms with E-state index in [-0.39, 0.29) is 17.4 Å². The molecule has 0 saturated heterocycles. The molecule has 2 aromatic carbocycles. The van der Waals surface area contributed by atoms with E-state index >= 15 is 0 Å². The number of aryl methyl sites for hydroxylation is 1. The lowest BCUT2D eigenvalue weighted by atomic mass is 10.1. The number of hydrogen-bond donors (Lipinski definition) is 1. The lowest BCUT2D eigenvalue weighted by Gasteiger charge is -2.31. The van der Waals surface area contributed by atoms with Crippen LogP contribution in [0.1, 0.15) is 44.4 Å². The first-order chi connectivity index (χ1) is 14.2. The van der Waals surface area contributed by atoms with Crippen molar-refractivity contribution in [2.75, 3.05) is 12.3 Å². The maximum atomic E-state index is 13.0. The number of amides is 2. The minimum absolute atomic E-state index is 0.000369. The van der Waals surface area contributed by atoms with Crippen molar-refractivity contribution in [2.45, 2.75) is 58.4 Å². The van der Waals surface area contributed by atoms with Gasteiger partial charge in [0.15, 0.2) is 0 Å². The van der Waals surface area contributed by atoms with Gasteiger partial charge < -0.3 is 10.2 Å². The fourth-order valence-electron chi connectivity index (χ4n) is 3.07. The topological polar surface area (TPSA) is 49.4 Å². The van der Waals surface area contributed by atoms with Gasteiger partial charge in [0.05, 0.1) is 5.75 Å². The predicted octanol–water partition coefficient (Wildman–Crippen LogP) is 4.60. The van der Waals surface area contributed by atoms with E-state index in [0.717, 1.165) is 17.7 Å². The molecule has 0 radical (unpaired) electrons. The van der Waals surface area contributed by atoms with Crippen LogP contribution in [0.4, 0.5) is 0 Å². The fraction of sp³-hybridized carbons (Fsp3) is 0.440. The molecule has 0 heterocycles. The van der Waals surface area contributed by atoms with Gasteiger partial charge in [-0.3, -0.25) is 9.59 Å². The second-order valence-electron chi connectivity index (χ2n) is 8.72. The highest BCUT2D eigenvalue weighted by Gasteiger charge is 2.27. The van der Waals surface area contributed by atoms with Crippen molar-refractivity contribution < 1.29 is 9.59 Å². The lowest BCUT2D eigenvalue weighted by molar-refractivity contribution is -0.138. The Kier molecular flexibility index (Phi) is 8.97. The molecule has 0 bridgehead atoms. The highest BCUT2D eigenvalue weighted by atomic mass is 32.2. The van der Waals surface area contributed by atoms with Crippen molar-refractivity contribution in [3.05, 3.63) is 71.3 Å². The van der Waals surface area contributed by atoms with Crippen LogP contribution in [0.3, 0.4) is 0 Å². The largest absolute Gasteiger partial charge is 0.350 e. The summed E-state index contributed by atoms with van der Waals surface area (Å²) in [5.74, 6) is 1.02. The minimum atomic E-state index is -0.514. The summed E-state index contributed by atoms with van der Waals surface area (Å²) in [4.78, 5) is 27.5. The second-order valence-corrected chi connectivity index (χ2v) is 9.70. The van der Waals surface area contributed by atoms with Gasteiger partial charge in [0.1, 0.15) is 6.04 Å². The van der Waals surface area contributed by atoms with Crippen LogP contribution in [0.25, 0.3) is 0 Å². The van der Waals surface area contributed by atoms with Crippen molar-refractivity contribution >= 4 is 23.6 Å². The van der Waals surface area contributed by atoms with Crippen LogP contribution in [0.2, 0.25) is 0 Å². The first-order valence-electron chi connectivity index (χ1n) is 10.4. The van der Waals surface area contributed by atoms with Gasteiger partial charge in [-0.25, -0.2) is 0 Å². The summed E-state index contributed by atoms with van der Waals surface area (Å²) >= 11 is 1.59. The zero-order chi connectivity index (χ0) is 22.1. The highest BCUT2D eigenvalue weighted by Crippen LogP contribution is 2.15. The van der Waals surface area contributed by atoms with E-state index in [2.05, 4.69) is 48.6 Å². The molecule has 0 fully saturated rings. The summed E-state index contributed by atoms with van der Waals surface area (Å²) in [6.45, 7) is 10.2. The standard InChI is InChI=1S/C25H34N2O2S/c1-19-11-13-22(14-12-19)17-30-18-23(28)27(16-15-21-9-7-6-8-10-21)20(2)24(29)26-25(3,4)5/h6-14,20H,15-18H2,1-5H3,(H,26,29)/t20-/m1/s1. The van der Waals surface area contributed by atoms with E-state index in [4.69, 9.17) is 0 Å². The van der Waals surface area contributed by atoms with Gasteiger partial charge in [-0.05, 0) is 52.2 Å². The van der Waals surface area contributed by atoms with Crippen LogP contribution in [0, 0.1) is 6.92 Å². The Labute approximate surface area is 185 Å². The van der Waals surface area contributed by atoms with Gasteiger partial charge in [0.25, 0.3) is 0 Å². The van der Waals surface area contributed by atoms with Gasteiger partial charge in [-0.1, -0.05) is 60.2 Å². The molecule has 0 spiro atoms. The van der Waals surface area contributed by atoms with E-state index in [9.17, 15) is 9.59 Å². The van der Waals surface area contributed by atoms with Crippen LogP contribution in [-0.4, -0.2) is 40.6 Å². The Hall–Kier alpha value is -2.27. The fourth-order valence-corrected chi connectivity index (χ4v) is 3.94. The van der Waals surface area contributed by atoms with E-state index < -0.39 is 6.04 Å². The minimum Gasteiger partial charge on any atom is -0.350 e. The zero-order valence-electron chi connectivity index (χ0n) is 18.8. The lowest BCUT2D eigenvalue weighted by Crippen LogP contribution is -2.53. The molecule has 0 unspecified atom stereocenters. The first kappa shape index (κ1) is 24.0. The van der Waals surface area contributed by atoms with Crippen LogP contribution >= 0.6 is 11.8 Å². The number of benzene rings is 2. The SMILES string of the molecule is Cc1ccc(CSCC(=O)N(CCc2ccccc2)[C@H](C)C(=O)NC(C)(C)C)cc1. The second kappa shape index (κ2) is 11.2. The van der Waals surface area contributed by atoms with E-state index in [1.54, 1.807) is 16.7 Å². The van der Waals surface area contributed by atoms with Crippen LogP contribution in [-0.2, 0) is 21.8 Å². The third kappa shape index (κ3) is 8.23. The maximum Gasteiger partial charge on any atom is 0.242 e. The van der Waals surface area contributed by atoms with E-state index in [0.29, 0.717) is 12.3 Å². The Morgan fingerprint density at radius 1 is 1.00 bits per heavy atom. The number of rotatable bonds is 9. The summed E-state index contributed by atoms with van der Waals surface area (Å²) in [6, 6.07) is 17.9. The molecule has 4 nitrogen and oxygen atoms in total. The van der Waals surface area contributed by atoms with Crippen molar-refractivity contribution in [3.8, 4) is 0 Å². The molecule has 1 N–H and O–H groups in total. The molecule has 2 amide bonds. The number of hydrogen-bond acceptors (Lipinski definition) is 3. The molecule has 2 rings (SSSR count). The molecule has 0 aliphatic rings. The van der Waals surface area contributed by atoms with E-state index in [1.165, 1.54) is 11.1 Å². The molecule has 0 aliphatic carbocycles. The average Bonchev–Trinajstić information content (AvgIpc) is 2.69. The van der Waals surface area contributed by atoms with Crippen molar-refractivity contribution in [3.63, 3.8) is 0 Å². The normalized spacial score (nSPS) is 12.3. The van der Waals surface area contributed by atoms with Crippen molar-refractivity contribution in [1.82, 2.24) is 10.2 Å². The van der Waals surface area contributed by atoms with Crippen molar-refractivity contribution in [1.29, 1.82) is 0 Å². The smallest absolute Gasteiger partial charge is 0.242 e. The number of carbonyl (C=O) groups excluding carboxylic acids is 2. The highest BCUT2D eigenvalue weighted by molar-refractivity contribution is 7.99. The number of nitrogens with one attached hydrogen (secondary N) is 1. The molecule has 2 aromatic rings. The summed E-state index contributed by atoms with van der Waals surface area (Å²) in [5, 5.41) is 3.00. The molecule has 0 saturated carbocycles. The Balaban J connectivity index is 2.01. The maximum absolute atomic E-state index is 13.0. The van der Waals surface area contributed by atoms with Gasteiger partial charge >= 0.3 is 0 Å². The molecular weight excluding hydrogens is 392 g/mol. The third-order valence-electron chi connectivity index (χ3n) is 4.76. The molecule has 30 heavy (non-hydrogen) atoms. The summed E-state index contributed by atoms with van der Waals surface area (Å²) in [5.41, 5.74) is 3.25. The predicted molar refractivity (Wildman–Crippen MR) is 127 cm³/mol. The third-order valence-corrected chi connectivity index (χ3v) is 5.75. The molecule has 5 heteroatoms. The van der Waals surface area contributed by atoms with Gasteiger partial charge in [-0.15, -0.1) is 11.8 Å². The Morgan fingerprint density at radius 2 is 1.63 bits per heavy atom. The Bertz CT molecular complexity index is 813. The summed E-state index contributed by atoms with van der Waals surface area (Å²) in [6.07, 6.45) is 0.725.